The third-order valence-corrected chi connectivity index (χ3v) is 3.67. The number of fused-ring (bicyclic) bond motifs is 1. The second-order valence-electron chi connectivity index (χ2n) is 5.90. The molecule has 0 aromatic carbocycles. The van der Waals surface area contributed by atoms with Crippen LogP contribution >= 0.6 is 0 Å². The summed E-state index contributed by atoms with van der Waals surface area (Å²) >= 11 is 0. The van der Waals surface area contributed by atoms with Gasteiger partial charge >= 0.3 is 5.97 Å². The lowest BCUT2D eigenvalue weighted by atomic mass is 9.63. The monoisotopic (exact) mass is 211 g/mol. The highest BCUT2D eigenvalue weighted by Crippen LogP contribution is 2.50. The molecule has 0 aliphatic heterocycles. The molecule has 0 aromatic rings. The molecule has 2 aliphatic carbocycles. The van der Waals surface area contributed by atoms with Crippen molar-refractivity contribution in [3.05, 3.63) is 0 Å². The maximum absolute atomic E-state index is 11.9. The first-order chi connectivity index (χ1) is 6.90. The zero-order valence-corrected chi connectivity index (χ0v) is 9.82. The zero-order chi connectivity index (χ0) is 11.2. The number of ether oxygens (including phenoxy) is 1. The van der Waals surface area contributed by atoms with Gasteiger partial charge in [0, 0.05) is 6.04 Å². The van der Waals surface area contributed by atoms with Gasteiger partial charge in [-0.15, -0.1) is 0 Å². The maximum atomic E-state index is 11.9. The number of esters is 1. The Morgan fingerprint density at radius 3 is 2.47 bits per heavy atom. The maximum Gasteiger partial charge on any atom is 0.311 e. The van der Waals surface area contributed by atoms with E-state index in [0.717, 1.165) is 6.42 Å². The molecular formula is C12H21NO2. The Bertz CT molecular complexity index is 269. The minimum atomic E-state index is -0.388. The van der Waals surface area contributed by atoms with E-state index in [0.29, 0.717) is 11.8 Å². The second-order valence-corrected chi connectivity index (χ2v) is 5.90. The Hall–Kier alpha value is -0.570. The predicted molar refractivity (Wildman–Crippen MR) is 58.1 cm³/mol. The van der Waals surface area contributed by atoms with Crippen molar-refractivity contribution in [3.8, 4) is 0 Å². The largest absolute Gasteiger partial charge is 0.460 e. The summed E-state index contributed by atoms with van der Waals surface area (Å²) < 4.78 is 5.40. The third-order valence-electron chi connectivity index (χ3n) is 3.67. The van der Waals surface area contributed by atoms with Gasteiger partial charge in [0.25, 0.3) is 0 Å². The van der Waals surface area contributed by atoms with Gasteiger partial charge in [-0.1, -0.05) is 6.42 Å². The van der Waals surface area contributed by atoms with Crippen molar-refractivity contribution in [1.82, 2.24) is 0 Å². The first-order valence-electron chi connectivity index (χ1n) is 5.88. The molecule has 2 rings (SSSR count). The van der Waals surface area contributed by atoms with E-state index in [2.05, 4.69) is 0 Å². The molecule has 0 saturated heterocycles. The Kier molecular flexibility index (Phi) is 2.53. The van der Waals surface area contributed by atoms with Crippen LogP contribution in [-0.2, 0) is 9.53 Å². The number of hydrogen-bond donors (Lipinski definition) is 1. The Balaban J connectivity index is 1.97. The van der Waals surface area contributed by atoms with E-state index in [9.17, 15) is 4.79 Å². The molecule has 0 spiro atoms. The topological polar surface area (TPSA) is 52.3 Å². The van der Waals surface area contributed by atoms with Crippen LogP contribution in [-0.4, -0.2) is 17.6 Å². The lowest BCUT2D eigenvalue weighted by Crippen LogP contribution is -2.58. The van der Waals surface area contributed by atoms with Crippen LogP contribution in [0.25, 0.3) is 0 Å². The molecule has 2 aliphatic rings. The molecular weight excluding hydrogens is 190 g/mol. The van der Waals surface area contributed by atoms with E-state index >= 15 is 0 Å². The summed E-state index contributed by atoms with van der Waals surface area (Å²) in [7, 11) is 0. The van der Waals surface area contributed by atoms with Gasteiger partial charge < -0.3 is 10.5 Å². The van der Waals surface area contributed by atoms with E-state index in [-0.39, 0.29) is 23.5 Å². The van der Waals surface area contributed by atoms with E-state index in [1.807, 2.05) is 20.8 Å². The number of rotatable bonds is 1. The van der Waals surface area contributed by atoms with Gasteiger partial charge in [0.2, 0.25) is 0 Å². The van der Waals surface area contributed by atoms with Crippen molar-refractivity contribution in [3.63, 3.8) is 0 Å². The van der Waals surface area contributed by atoms with E-state index < -0.39 is 0 Å². The van der Waals surface area contributed by atoms with Crippen molar-refractivity contribution in [2.45, 2.75) is 51.7 Å². The van der Waals surface area contributed by atoms with Gasteiger partial charge in [0.15, 0.2) is 0 Å². The van der Waals surface area contributed by atoms with Crippen LogP contribution in [0.5, 0.6) is 0 Å². The highest BCUT2D eigenvalue weighted by molar-refractivity contribution is 5.75. The highest BCUT2D eigenvalue weighted by atomic mass is 16.6. The molecule has 3 nitrogen and oxygen atoms in total. The van der Waals surface area contributed by atoms with Crippen LogP contribution in [0.3, 0.4) is 0 Å². The van der Waals surface area contributed by atoms with Gasteiger partial charge in [-0.3, -0.25) is 4.79 Å². The van der Waals surface area contributed by atoms with Crippen LogP contribution in [0.4, 0.5) is 0 Å². The van der Waals surface area contributed by atoms with Crippen LogP contribution < -0.4 is 5.73 Å². The van der Waals surface area contributed by atoms with Crippen molar-refractivity contribution in [2.24, 2.45) is 23.5 Å². The Morgan fingerprint density at radius 2 is 1.87 bits per heavy atom. The lowest BCUT2D eigenvalue weighted by Gasteiger charge is -2.45. The SMILES string of the molecule is CC(C)(C)OC(=O)[C@@H]1[C@@H](N)[C@@H]2CCC[C@@H]21. The molecule has 0 aromatic heterocycles. The fraction of sp³-hybridized carbons (Fsp3) is 0.917. The summed E-state index contributed by atoms with van der Waals surface area (Å²) in [4.78, 5) is 11.9. The fourth-order valence-electron chi connectivity index (χ4n) is 3.05. The summed E-state index contributed by atoms with van der Waals surface area (Å²) in [6, 6.07) is 0.0485. The first-order valence-corrected chi connectivity index (χ1v) is 5.88. The van der Waals surface area contributed by atoms with E-state index in [1.165, 1.54) is 12.8 Å². The summed E-state index contributed by atoms with van der Waals surface area (Å²) in [5, 5.41) is 0. The number of nitrogens with two attached hydrogens (primary N) is 1. The van der Waals surface area contributed by atoms with Crippen molar-refractivity contribution in [2.75, 3.05) is 0 Å². The normalized spacial score (nSPS) is 39.5. The quantitative estimate of drug-likeness (QED) is 0.672. The number of hydrogen-bond acceptors (Lipinski definition) is 3. The van der Waals surface area contributed by atoms with Crippen LogP contribution in [0.2, 0.25) is 0 Å². The smallest absolute Gasteiger partial charge is 0.311 e. The molecule has 0 radical (unpaired) electrons. The molecule has 86 valence electrons. The summed E-state index contributed by atoms with van der Waals surface area (Å²) in [6.45, 7) is 5.71. The van der Waals surface area contributed by atoms with Crippen LogP contribution in [0.15, 0.2) is 0 Å². The molecule has 3 heteroatoms. The molecule has 0 unspecified atom stereocenters. The van der Waals surface area contributed by atoms with Crippen molar-refractivity contribution >= 4 is 5.97 Å². The van der Waals surface area contributed by atoms with Crippen LogP contribution in [0.1, 0.15) is 40.0 Å². The minimum absolute atomic E-state index is 0.0308. The second kappa shape index (κ2) is 3.48. The summed E-state index contributed by atoms with van der Waals surface area (Å²) in [5.41, 5.74) is 5.64. The Labute approximate surface area is 91.4 Å². The standard InChI is InChI=1S/C12H21NO2/c1-12(2,3)15-11(14)9-7-5-4-6-8(7)10(9)13/h7-10H,4-6,13H2,1-3H3/t7-,8+,9-,10-/m0/s1. The predicted octanol–water partition coefficient (Wildman–Crippen LogP) is 1.70. The van der Waals surface area contributed by atoms with Gasteiger partial charge in [-0.05, 0) is 45.4 Å². The highest BCUT2D eigenvalue weighted by Gasteiger charge is 2.54. The first kappa shape index (κ1) is 10.9. The molecule has 0 heterocycles. The Morgan fingerprint density at radius 1 is 1.27 bits per heavy atom. The summed E-state index contributed by atoms with van der Waals surface area (Å²) in [5.74, 6) is 0.979. The van der Waals surface area contributed by atoms with Gasteiger partial charge in [-0.25, -0.2) is 0 Å². The third kappa shape index (κ3) is 1.89. The molecule has 0 amide bonds. The van der Waals surface area contributed by atoms with Crippen molar-refractivity contribution < 1.29 is 9.53 Å². The van der Waals surface area contributed by atoms with Gasteiger partial charge in [-0.2, -0.15) is 0 Å². The van der Waals surface area contributed by atoms with Crippen LogP contribution in [0, 0.1) is 17.8 Å². The number of carbonyl (C=O) groups is 1. The lowest BCUT2D eigenvalue weighted by molar-refractivity contribution is -0.170. The minimum Gasteiger partial charge on any atom is -0.460 e. The van der Waals surface area contributed by atoms with E-state index in [4.69, 9.17) is 10.5 Å². The molecule has 2 N–H and O–H groups in total. The average Bonchev–Trinajstić information content (AvgIpc) is 2.44. The van der Waals surface area contributed by atoms with E-state index in [1.54, 1.807) is 0 Å². The zero-order valence-electron chi connectivity index (χ0n) is 9.82. The molecule has 0 bridgehead atoms. The number of carbonyl (C=O) groups excluding carboxylic acids is 1. The molecule has 2 fully saturated rings. The summed E-state index contributed by atoms with van der Waals surface area (Å²) in [6.07, 6.45) is 3.58. The molecule has 15 heavy (non-hydrogen) atoms. The molecule has 2 saturated carbocycles. The van der Waals surface area contributed by atoms with Gasteiger partial charge in [0.05, 0.1) is 5.92 Å². The van der Waals surface area contributed by atoms with Gasteiger partial charge in [0.1, 0.15) is 5.60 Å². The average molecular weight is 211 g/mol. The fourth-order valence-corrected chi connectivity index (χ4v) is 3.05. The van der Waals surface area contributed by atoms with Crippen molar-refractivity contribution in [1.29, 1.82) is 0 Å². The molecule has 4 atom stereocenters.